The van der Waals surface area contributed by atoms with Crippen molar-refractivity contribution in [1.82, 2.24) is 15.1 Å². The minimum atomic E-state index is 0.104. The number of carbonyl (C=O) groups is 1. The van der Waals surface area contributed by atoms with E-state index >= 15 is 0 Å². The van der Waals surface area contributed by atoms with Gasteiger partial charge in [0.25, 0.3) is 5.91 Å². The average Bonchev–Trinajstić information content (AvgIpc) is 2.97. The number of carbonyl (C=O) groups excluding carboxylic acids is 1. The fourth-order valence-corrected chi connectivity index (χ4v) is 3.93. The summed E-state index contributed by atoms with van der Waals surface area (Å²) in [5.74, 6) is 1.40. The summed E-state index contributed by atoms with van der Waals surface area (Å²) in [5.41, 5.74) is 1.77. The molecule has 0 radical (unpaired) electrons. The summed E-state index contributed by atoms with van der Waals surface area (Å²) in [7, 11) is 0. The number of aromatic nitrogens is 2. The van der Waals surface area contributed by atoms with Crippen LogP contribution in [0.3, 0.4) is 0 Å². The highest BCUT2D eigenvalue weighted by molar-refractivity contribution is 5.92. The first-order chi connectivity index (χ1) is 10.1. The van der Waals surface area contributed by atoms with E-state index < -0.39 is 0 Å². The van der Waals surface area contributed by atoms with Gasteiger partial charge in [0.05, 0.1) is 0 Å². The van der Waals surface area contributed by atoms with Crippen molar-refractivity contribution in [3.8, 4) is 0 Å². The predicted molar refractivity (Wildman–Crippen MR) is 83.3 cm³/mol. The van der Waals surface area contributed by atoms with Gasteiger partial charge < -0.3 is 4.90 Å². The maximum absolute atomic E-state index is 12.7. The Labute approximate surface area is 127 Å². The highest BCUT2D eigenvalue weighted by atomic mass is 16.2. The molecule has 1 aliphatic heterocycles. The van der Waals surface area contributed by atoms with Crippen molar-refractivity contribution in [2.24, 2.45) is 5.92 Å². The third kappa shape index (κ3) is 3.14. The van der Waals surface area contributed by atoms with Gasteiger partial charge in [-0.2, -0.15) is 5.10 Å². The monoisotopic (exact) mass is 289 g/mol. The number of nitrogens with one attached hydrogen (secondary N) is 1. The zero-order valence-corrected chi connectivity index (χ0v) is 13.3. The predicted octanol–water partition coefficient (Wildman–Crippen LogP) is 3.72. The minimum Gasteiger partial charge on any atom is -0.335 e. The van der Waals surface area contributed by atoms with Crippen LogP contribution in [-0.2, 0) is 0 Å². The standard InChI is InChI=1S/C17H27N3O/c1-12-8-9-20(13(2)10-12)17(21)16-11-15(18-19-16)14-6-4-3-5-7-14/h11-14H,3-10H2,1-2H3,(H,18,19)/t12-,13-/m1/s1. The number of hydrogen-bond acceptors (Lipinski definition) is 2. The van der Waals surface area contributed by atoms with Crippen LogP contribution < -0.4 is 0 Å². The third-order valence-corrected chi connectivity index (χ3v) is 5.26. The van der Waals surface area contributed by atoms with Gasteiger partial charge in [0, 0.05) is 24.2 Å². The van der Waals surface area contributed by atoms with Gasteiger partial charge in [0.2, 0.25) is 0 Å². The molecule has 4 nitrogen and oxygen atoms in total. The topological polar surface area (TPSA) is 49.0 Å². The molecule has 0 unspecified atom stereocenters. The lowest BCUT2D eigenvalue weighted by Crippen LogP contribution is -2.44. The number of hydrogen-bond donors (Lipinski definition) is 1. The van der Waals surface area contributed by atoms with Crippen LogP contribution in [-0.4, -0.2) is 33.6 Å². The number of H-pyrrole nitrogens is 1. The van der Waals surface area contributed by atoms with Crippen LogP contribution in [0.4, 0.5) is 0 Å². The molecule has 0 spiro atoms. The largest absolute Gasteiger partial charge is 0.335 e. The van der Waals surface area contributed by atoms with Gasteiger partial charge in [-0.15, -0.1) is 0 Å². The van der Waals surface area contributed by atoms with Gasteiger partial charge in [0.1, 0.15) is 5.69 Å². The molecule has 116 valence electrons. The summed E-state index contributed by atoms with van der Waals surface area (Å²) in [6, 6.07) is 2.33. The summed E-state index contributed by atoms with van der Waals surface area (Å²) in [4.78, 5) is 14.7. The second-order valence-electron chi connectivity index (χ2n) is 7.02. The quantitative estimate of drug-likeness (QED) is 0.902. The van der Waals surface area contributed by atoms with E-state index in [1.165, 1.54) is 32.1 Å². The van der Waals surface area contributed by atoms with Crippen LogP contribution in [0.2, 0.25) is 0 Å². The van der Waals surface area contributed by atoms with Crippen molar-refractivity contribution < 1.29 is 4.79 Å². The first-order valence-corrected chi connectivity index (χ1v) is 8.51. The Bertz CT molecular complexity index is 490. The molecule has 3 rings (SSSR count). The minimum absolute atomic E-state index is 0.104. The third-order valence-electron chi connectivity index (χ3n) is 5.26. The van der Waals surface area contributed by atoms with Crippen LogP contribution >= 0.6 is 0 Å². The lowest BCUT2D eigenvalue weighted by atomic mass is 9.87. The summed E-state index contributed by atoms with van der Waals surface area (Å²) in [5, 5.41) is 7.43. The zero-order valence-electron chi connectivity index (χ0n) is 13.3. The molecule has 0 aromatic carbocycles. The summed E-state index contributed by atoms with van der Waals surface area (Å²) in [6.45, 7) is 5.29. The molecule has 2 heterocycles. The Balaban J connectivity index is 1.69. The molecule has 2 atom stereocenters. The van der Waals surface area contributed by atoms with Gasteiger partial charge in [-0.05, 0) is 44.6 Å². The number of rotatable bonds is 2. The van der Waals surface area contributed by atoms with Crippen molar-refractivity contribution in [1.29, 1.82) is 0 Å². The van der Waals surface area contributed by atoms with Crippen molar-refractivity contribution in [2.45, 2.75) is 70.8 Å². The van der Waals surface area contributed by atoms with E-state index in [0.29, 0.717) is 17.7 Å². The Morgan fingerprint density at radius 3 is 2.71 bits per heavy atom. The van der Waals surface area contributed by atoms with E-state index in [4.69, 9.17) is 0 Å². The van der Waals surface area contributed by atoms with E-state index in [1.54, 1.807) is 0 Å². The van der Waals surface area contributed by atoms with Gasteiger partial charge in [0.15, 0.2) is 0 Å². The molecular formula is C17H27N3O. The molecule has 0 bridgehead atoms. The van der Waals surface area contributed by atoms with Gasteiger partial charge in [-0.1, -0.05) is 26.2 Å². The van der Waals surface area contributed by atoms with E-state index in [2.05, 4.69) is 24.0 Å². The van der Waals surface area contributed by atoms with E-state index in [9.17, 15) is 4.79 Å². The first kappa shape index (κ1) is 14.6. The Hall–Kier alpha value is -1.32. The second kappa shape index (κ2) is 6.20. The van der Waals surface area contributed by atoms with Crippen LogP contribution in [0.15, 0.2) is 6.07 Å². The second-order valence-corrected chi connectivity index (χ2v) is 7.02. The molecule has 1 saturated carbocycles. The molecule has 2 fully saturated rings. The molecule has 1 aromatic heterocycles. The molecular weight excluding hydrogens is 262 g/mol. The average molecular weight is 289 g/mol. The molecule has 1 N–H and O–H groups in total. The van der Waals surface area contributed by atoms with Crippen molar-refractivity contribution in [2.75, 3.05) is 6.54 Å². The Kier molecular flexibility index (Phi) is 4.32. The highest BCUT2D eigenvalue weighted by Gasteiger charge is 2.29. The van der Waals surface area contributed by atoms with Crippen LogP contribution in [0.1, 0.15) is 80.9 Å². The number of likely N-dealkylation sites (tertiary alicyclic amines) is 1. The highest BCUT2D eigenvalue weighted by Crippen LogP contribution is 2.32. The lowest BCUT2D eigenvalue weighted by molar-refractivity contribution is 0.0582. The first-order valence-electron chi connectivity index (χ1n) is 8.51. The summed E-state index contributed by atoms with van der Waals surface area (Å²) in [6.07, 6.45) is 8.62. The van der Waals surface area contributed by atoms with E-state index in [-0.39, 0.29) is 5.91 Å². The van der Waals surface area contributed by atoms with Gasteiger partial charge in [-0.3, -0.25) is 9.89 Å². The fourth-order valence-electron chi connectivity index (χ4n) is 3.93. The van der Waals surface area contributed by atoms with Crippen LogP contribution in [0.25, 0.3) is 0 Å². The molecule has 1 aliphatic carbocycles. The van der Waals surface area contributed by atoms with Crippen LogP contribution in [0, 0.1) is 5.92 Å². The molecule has 21 heavy (non-hydrogen) atoms. The van der Waals surface area contributed by atoms with Gasteiger partial charge >= 0.3 is 0 Å². The molecule has 1 aromatic rings. The number of piperidine rings is 1. The lowest BCUT2D eigenvalue weighted by Gasteiger charge is -2.36. The smallest absolute Gasteiger partial charge is 0.274 e. The van der Waals surface area contributed by atoms with Crippen molar-refractivity contribution in [3.05, 3.63) is 17.5 Å². The van der Waals surface area contributed by atoms with Gasteiger partial charge in [-0.25, -0.2) is 0 Å². The SMILES string of the molecule is C[C@@H]1CCN(C(=O)c2cc(C3CCCCC3)[nH]n2)[C@H](C)C1. The Morgan fingerprint density at radius 1 is 1.24 bits per heavy atom. The maximum Gasteiger partial charge on any atom is 0.274 e. The van der Waals surface area contributed by atoms with Crippen molar-refractivity contribution in [3.63, 3.8) is 0 Å². The number of amides is 1. The zero-order chi connectivity index (χ0) is 14.8. The molecule has 2 aliphatic rings. The van der Waals surface area contributed by atoms with Crippen molar-refractivity contribution >= 4 is 5.91 Å². The normalized spacial score (nSPS) is 27.8. The molecule has 1 amide bonds. The van der Waals surface area contributed by atoms with E-state index in [1.807, 2.05) is 11.0 Å². The van der Waals surface area contributed by atoms with E-state index in [0.717, 1.165) is 31.0 Å². The molecule has 1 saturated heterocycles. The summed E-state index contributed by atoms with van der Waals surface area (Å²) < 4.78 is 0. The number of nitrogens with zero attached hydrogens (tertiary/aromatic N) is 2. The maximum atomic E-state index is 12.7. The van der Waals surface area contributed by atoms with Crippen LogP contribution in [0.5, 0.6) is 0 Å². The fraction of sp³-hybridized carbons (Fsp3) is 0.765. The number of aromatic amines is 1. The molecule has 4 heteroatoms. The Morgan fingerprint density at radius 2 is 2.00 bits per heavy atom. The summed E-state index contributed by atoms with van der Waals surface area (Å²) >= 11 is 0.